The first kappa shape index (κ1) is 15.9. The fraction of sp³-hybridized carbons (Fsp3) is 0.474. The first-order chi connectivity index (χ1) is 12.8. The van der Waals surface area contributed by atoms with Crippen LogP contribution in [0, 0.1) is 0 Å². The molecule has 1 saturated carbocycles. The molecular formula is C19H21N5OS. The Morgan fingerprint density at radius 1 is 1.15 bits per heavy atom. The highest BCUT2D eigenvalue weighted by molar-refractivity contribution is 7.16. The third-order valence-corrected chi connectivity index (χ3v) is 6.45. The lowest BCUT2D eigenvalue weighted by molar-refractivity contribution is 0.302. The Bertz CT molecular complexity index is 1000. The first-order valence-corrected chi connectivity index (χ1v) is 10.2. The van der Waals surface area contributed by atoms with Crippen LogP contribution in [0.25, 0.3) is 10.2 Å². The average Bonchev–Trinajstić information content (AvgIpc) is 3.31. The number of thiophene rings is 1. The molecule has 0 bridgehead atoms. The second-order valence-corrected chi connectivity index (χ2v) is 8.16. The molecule has 0 radical (unpaired) electrons. The highest BCUT2D eigenvalue weighted by atomic mass is 32.1. The van der Waals surface area contributed by atoms with Gasteiger partial charge in [-0.1, -0.05) is 0 Å². The molecule has 2 aliphatic carbocycles. The van der Waals surface area contributed by atoms with E-state index in [2.05, 4.69) is 26.4 Å². The molecule has 0 unspecified atom stereocenters. The quantitative estimate of drug-likeness (QED) is 0.769. The van der Waals surface area contributed by atoms with Crippen molar-refractivity contribution in [2.24, 2.45) is 0 Å². The Labute approximate surface area is 155 Å². The van der Waals surface area contributed by atoms with Gasteiger partial charge in [-0.15, -0.1) is 11.3 Å². The maximum Gasteiger partial charge on any atom is 0.267 e. The summed E-state index contributed by atoms with van der Waals surface area (Å²) in [5.41, 5.74) is 2.36. The fourth-order valence-corrected chi connectivity index (χ4v) is 4.97. The van der Waals surface area contributed by atoms with Crippen LogP contribution < -0.4 is 10.9 Å². The van der Waals surface area contributed by atoms with Crippen LogP contribution in [0.5, 0.6) is 0 Å². The van der Waals surface area contributed by atoms with Crippen LogP contribution in [0.1, 0.15) is 49.4 Å². The Hall–Kier alpha value is -2.28. The number of nitrogens with zero attached hydrogens (tertiary/aromatic N) is 4. The van der Waals surface area contributed by atoms with Crippen LogP contribution in [0.3, 0.4) is 0 Å². The standard InChI is InChI=1S/C19H21N5OS/c25-17-10-12-2-1-3-16(12)23-24(17)14-6-4-13(5-7-14)22-18-15-8-9-26-19(15)21-11-20-18/h8-11,13-14H,1-7H2,(H,20,21,22). The predicted octanol–water partition coefficient (Wildman–Crippen LogP) is 3.33. The second kappa shape index (κ2) is 6.46. The van der Waals surface area contributed by atoms with Crippen LogP contribution in [0.2, 0.25) is 0 Å². The number of fused-ring (bicyclic) bond motifs is 2. The van der Waals surface area contributed by atoms with Crippen molar-refractivity contribution in [1.82, 2.24) is 19.7 Å². The van der Waals surface area contributed by atoms with Gasteiger partial charge in [0.05, 0.1) is 17.1 Å². The first-order valence-electron chi connectivity index (χ1n) is 9.34. The van der Waals surface area contributed by atoms with Crippen molar-refractivity contribution in [1.29, 1.82) is 0 Å². The zero-order valence-electron chi connectivity index (χ0n) is 14.5. The van der Waals surface area contributed by atoms with Gasteiger partial charge in [0.15, 0.2) is 0 Å². The number of hydrogen-bond donors (Lipinski definition) is 1. The van der Waals surface area contributed by atoms with Gasteiger partial charge in [0.2, 0.25) is 0 Å². The highest BCUT2D eigenvalue weighted by Gasteiger charge is 2.26. The summed E-state index contributed by atoms with van der Waals surface area (Å²) in [7, 11) is 0. The Morgan fingerprint density at radius 3 is 2.92 bits per heavy atom. The van der Waals surface area contributed by atoms with Gasteiger partial charge in [0.25, 0.3) is 5.56 Å². The average molecular weight is 367 g/mol. The number of aromatic nitrogens is 4. The molecule has 3 aromatic rings. The van der Waals surface area contributed by atoms with E-state index in [1.165, 1.54) is 0 Å². The van der Waals surface area contributed by atoms with Crippen molar-refractivity contribution in [2.45, 2.75) is 57.0 Å². The predicted molar refractivity (Wildman–Crippen MR) is 103 cm³/mol. The van der Waals surface area contributed by atoms with E-state index in [1.807, 2.05) is 11.4 Å². The van der Waals surface area contributed by atoms with Gasteiger partial charge in [-0.2, -0.15) is 5.10 Å². The third-order valence-electron chi connectivity index (χ3n) is 5.63. The summed E-state index contributed by atoms with van der Waals surface area (Å²) in [5.74, 6) is 0.924. The number of rotatable bonds is 3. The summed E-state index contributed by atoms with van der Waals surface area (Å²) in [6.45, 7) is 0. The van der Waals surface area contributed by atoms with Crippen molar-refractivity contribution in [3.05, 3.63) is 45.5 Å². The molecule has 3 aromatic heterocycles. The molecule has 7 heteroatoms. The van der Waals surface area contributed by atoms with Gasteiger partial charge < -0.3 is 5.32 Å². The monoisotopic (exact) mass is 367 g/mol. The van der Waals surface area contributed by atoms with Gasteiger partial charge in [0, 0.05) is 12.1 Å². The molecule has 26 heavy (non-hydrogen) atoms. The van der Waals surface area contributed by atoms with E-state index in [1.54, 1.807) is 22.3 Å². The molecule has 0 aliphatic heterocycles. The van der Waals surface area contributed by atoms with E-state index in [0.717, 1.165) is 72.2 Å². The zero-order chi connectivity index (χ0) is 17.5. The SMILES string of the molecule is O=c1cc2c(nn1C1CCC(Nc3ncnc4sccc34)CC1)CCC2. The smallest absolute Gasteiger partial charge is 0.267 e. The van der Waals surface area contributed by atoms with E-state index in [4.69, 9.17) is 0 Å². The lowest BCUT2D eigenvalue weighted by Crippen LogP contribution is -2.34. The van der Waals surface area contributed by atoms with E-state index < -0.39 is 0 Å². The summed E-state index contributed by atoms with van der Waals surface area (Å²) >= 11 is 1.64. The minimum Gasteiger partial charge on any atom is -0.367 e. The number of hydrogen-bond acceptors (Lipinski definition) is 6. The van der Waals surface area contributed by atoms with E-state index >= 15 is 0 Å². The van der Waals surface area contributed by atoms with Crippen molar-refractivity contribution in [3.63, 3.8) is 0 Å². The van der Waals surface area contributed by atoms with Crippen molar-refractivity contribution >= 4 is 27.4 Å². The minimum absolute atomic E-state index is 0.0674. The summed E-state index contributed by atoms with van der Waals surface area (Å²) in [6.07, 6.45) is 8.75. The van der Waals surface area contributed by atoms with Gasteiger partial charge in [0.1, 0.15) is 17.0 Å². The van der Waals surface area contributed by atoms with E-state index in [0.29, 0.717) is 6.04 Å². The Morgan fingerprint density at radius 2 is 2.04 bits per heavy atom. The van der Waals surface area contributed by atoms with Gasteiger partial charge in [-0.05, 0) is 62.0 Å². The lowest BCUT2D eigenvalue weighted by Gasteiger charge is -2.30. The number of anilines is 1. The maximum absolute atomic E-state index is 12.4. The molecular weight excluding hydrogens is 346 g/mol. The van der Waals surface area contributed by atoms with Crippen LogP contribution >= 0.6 is 11.3 Å². The molecule has 0 spiro atoms. The van der Waals surface area contributed by atoms with E-state index in [-0.39, 0.29) is 11.6 Å². The van der Waals surface area contributed by atoms with Crippen LogP contribution in [-0.4, -0.2) is 25.8 Å². The van der Waals surface area contributed by atoms with Crippen molar-refractivity contribution in [3.8, 4) is 0 Å². The molecule has 2 aliphatic rings. The third kappa shape index (κ3) is 2.80. The summed E-state index contributed by atoms with van der Waals surface area (Å²) in [6, 6.07) is 4.49. The molecule has 1 N–H and O–H groups in total. The van der Waals surface area contributed by atoms with Crippen molar-refractivity contribution < 1.29 is 0 Å². The van der Waals surface area contributed by atoms with Crippen LogP contribution in [0.4, 0.5) is 5.82 Å². The molecule has 0 aromatic carbocycles. The summed E-state index contributed by atoms with van der Waals surface area (Å²) in [5, 5.41) is 11.4. The van der Waals surface area contributed by atoms with Gasteiger partial charge in [-0.3, -0.25) is 4.79 Å². The minimum atomic E-state index is 0.0674. The van der Waals surface area contributed by atoms with E-state index in [9.17, 15) is 4.79 Å². The Balaban J connectivity index is 1.29. The van der Waals surface area contributed by atoms with Crippen molar-refractivity contribution in [2.75, 3.05) is 5.32 Å². The summed E-state index contributed by atoms with van der Waals surface area (Å²) < 4.78 is 1.75. The topological polar surface area (TPSA) is 72.7 Å². The van der Waals surface area contributed by atoms with Crippen LogP contribution in [0.15, 0.2) is 28.6 Å². The molecule has 0 saturated heterocycles. The zero-order valence-corrected chi connectivity index (χ0v) is 15.3. The highest BCUT2D eigenvalue weighted by Crippen LogP contribution is 2.31. The fourth-order valence-electron chi connectivity index (χ4n) is 4.24. The van der Waals surface area contributed by atoms with Gasteiger partial charge >= 0.3 is 0 Å². The summed E-state index contributed by atoms with van der Waals surface area (Å²) in [4.78, 5) is 22.2. The maximum atomic E-state index is 12.4. The largest absolute Gasteiger partial charge is 0.367 e. The van der Waals surface area contributed by atoms with Crippen LogP contribution in [-0.2, 0) is 12.8 Å². The molecule has 0 atom stereocenters. The Kier molecular flexibility index (Phi) is 3.96. The molecule has 134 valence electrons. The lowest BCUT2D eigenvalue weighted by atomic mass is 9.91. The molecule has 3 heterocycles. The van der Waals surface area contributed by atoms with Gasteiger partial charge in [-0.25, -0.2) is 14.6 Å². The molecule has 6 nitrogen and oxygen atoms in total. The molecule has 0 amide bonds. The normalized spacial score (nSPS) is 22.5. The molecule has 5 rings (SSSR count). The second-order valence-electron chi connectivity index (χ2n) is 7.26. The molecule has 1 fully saturated rings. The number of aryl methyl sites for hydroxylation is 2. The number of nitrogens with one attached hydrogen (secondary N) is 1.